The predicted octanol–water partition coefficient (Wildman–Crippen LogP) is 3.30. The van der Waals surface area contributed by atoms with Crippen LogP contribution < -0.4 is 0 Å². The van der Waals surface area contributed by atoms with E-state index in [9.17, 15) is 0 Å². The molecule has 1 fully saturated rings. The van der Waals surface area contributed by atoms with Gasteiger partial charge in [0.2, 0.25) is 0 Å². The first-order chi connectivity index (χ1) is 6.36. The Kier molecular flexibility index (Phi) is 3.01. The van der Waals surface area contributed by atoms with Gasteiger partial charge in [-0.25, -0.2) is 0 Å². The Morgan fingerprint density at radius 2 is 2.00 bits per heavy atom. The maximum Gasteiger partial charge on any atom is 0.0835 e. The van der Waals surface area contributed by atoms with Gasteiger partial charge in [0.25, 0.3) is 0 Å². The number of hydrogen-bond acceptors (Lipinski definition) is 1. The van der Waals surface area contributed by atoms with Crippen LogP contribution in [-0.2, 0) is 4.74 Å². The van der Waals surface area contributed by atoms with Gasteiger partial charge in [-0.3, -0.25) is 0 Å². The summed E-state index contributed by atoms with van der Waals surface area (Å²) in [5, 5.41) is 0. The van der Waals surface area contributed by atoms with Crippen LogP contribution in [0.2, 0.25) is 0 Å². The highest BCUT2D eigenvalue weighted by atomic mass is 79.9. The van der Waals surface area contributed by atoms with Gasteiger partial charge in [-0.15, -0.1) is 0 Å². The fraction of sp³-hybridized carbons (Fsp3) is 0.455. The molecule has 0 aliphatic carbocycles. The Bertz CT molecular complexity index is 260. The Morgan fingerprint density at radius 3 is 2.69 bits per heavy atom. The maximum absolute atomic E-state index is 5.70. The minimum Gasteiger partial charge on any atom is -0.373 e. The van der Waals surface area contributed by atoms with Crippen LogP contribution in [-0.4, -0.2) is 11.4 Å². The molecule has 0 unspecified atom stereocenters. The van der Waals surface area contributed by atoms with Crippen molar-refractivity contribution < 1.29 is 4.74 Å². The molecule has 0 N–H and O–H groups in total. The van der Waals surface area contributed by atoms with Crippen LogP contribution >= 0.6 is 15.9 Å². The van der Waals surface area contributed by atoms with Crippen LogP contribution in [0, 0.1) is 0 Å². The zero-order valence-electron chi connectivity index (χ0n) is 7.45. The molecule has 13 heavy (non-hydrogen) atoms. The lowest BCUT2D eigenvalue weighted by Gasteiger charge is -2.26. The molecule has 1 aliphatic rings. The second-order valence-electron chi connectivity index (χ2n) is 3.39. The fourth-order valence-corrected chi connectivity index (χ4v) is 2.18. The SMILES string of the molecule is Br[C@H]1CCO[C@H](c2ccccc2)C1. The number of hydrogen-bond donors (Lipinski definition) is 0. The third kappa shape index (κ3) is 2.32. The third-order valence-electron chi connectivity index (χ3n) is 2.39. The Morgan fingerprint density at radius 1 is 1.23 bits per heavy atom. The molecule has 0 amide bonds. The molecule has 70 valence electrons. The summed E-state index contributed by atoms with van der Waals surface area (Å²) >= 11 is 3.65. The molecule has 1 saturated heterocycles. The van der Waals surface area contributed by atoms with Crippen LogP contribution in [0.3, 0.4) is 0 Å². The molecule has 2 atom stereocenters. The minimum absolute atomic E-state index is 0.291. The van der Waals surface area contributed by atoms with Gasteiger partial charge < -0.3 is 4.74 Å². The van der Waals surface area contributed by atoms with Gasteiger partial charge in [-0.1, -0.05) is 46.3 Å². The topological polar surface area (TPSA) is 9.23 Å². The monoisotopic (exact) mass is 240 g/mol. The summed E-state index contributed by atoms with van der Waals surface area (Å²) in [4.78, 5) is 0.617. The first-order valence-corrected chi connectivity index (χ1v) is 5.58. The average molecular weight is 241 g/mol. The van der Waals surface area contributed by atoms with E-state index in [2.05, 4.69) is 40.2 Å². The summed E-state index contributed by atoms with van der Waals surface area (Å²) in [6, 6.07) is 10.4. The van der Waals surface area contributed by atoms with Crippen LogP contribution in [0.15, 0.2) is 30.3 Å². The molecule has 0 saturated carbocycles. The third-order valence-corrected chi connectivity index (χ3v) is 3.22. The summed E-state index contributed by atoms with van der Waals surface area (Å²) < 4.78 is 5.70. The predicted molar refractivity (Wildman–Crippen MR) is 57.1 cm³/mol. The standard InChI is InChI=1S/C11H13BrO/c12-10-6-7-13-11(8-10)9-4-2-1-3-5-9/h1-5,10-11H,6-8H2/t10-,11-/m0/s1. The summed E-state index contributed by atoms with van der Waals surface area (Å²) in [5.74, 6) is 0. The second kappa shape index (κ2) is 4.25. The smallest absolute Gasteiger partial charge is 0.0835 e. The fourth-order valence-electron chi connectivity index (χ4n) is 1.66. The van der Waals surface area contributed by atoms with Gasteiger partial charge in [0.15, 0.2) is 0 Å². The lowest BCUT2D eigenvalue weighted by Crippen LogP contribution is -2.19. The Hall–Kier alpha value is -0.340. The van der Waals surface area contributed by atoms with Crippen molar-refractivity contribution in [2.24, 2.45) is 0 Å². The van der Waals surface area contributed by atoms with Gasteiger partial charge in [0, 0.05) is 11.4 Å². The molecular formula is C11H13BrO. The molecule has 0 spiro atoms. The van der Waals surface area contributed by atoms with Crippen LogP contribution in [0.4, 0.5) is 0 Å². The molecular weight excluding hydrogens is 228 g/mol. The van der Waals surface area contributed by atoms with Gasteiger partial charge in [0.1, 0.15) is 0 Å². The van der Waals surface area contributed by atoms with Crippen LogP contribution in [0.25, 0.3) is 0 Å². The molecule has 0 radical (unpaired) electrons. The quantitative estimate of drug-likeness (QED) is 0.685. The second-order valence-corrected chi connectivity index (χ2v) is 4.69. The van der Waals surface area contributed by atoms with Crippen LogP contribution in [0.5, 0.6) is 0 Å². The highest BCUT2D eigenvalue weighted by Gasteiger charge is 2.21. The van der Waals surface area contributed by atoms with Gasteiger partial charge >= 0.3 is 0 Å². The van der Waals surface area contributed by atoms with E-state index >= 15 is 0 Å². The summed E-state index contributed by atoms with van der Waals surface area (Å²) in [7, 11) is 0. The van der Waals surface area contributed by atoms with Crippen molar-refractivity contribution >= 4 is 15.9 Å². The van der Waals surface area contributed by atoms with E-state index < -0.39 is 0 Å². The molecule has 0 aromatic heterocycles. The molecule has 1 aromatic rings. The number of rotatable bonds is 1. The lowest BCUT2D eigenvalue weighted by molar-refractivity contribution is 0.0187. The van der Waals surface area contributed by atoms with Crippen LogP contribution in [0.1, 0.15) is 24.5 Å². The Balaban J connectivity index is 2.08. The van der Waals surface area contributed by atoms with E-state index in [1.807, 2.05) is 6.07 Å². The summed E-state index contributed by atoms with van der Waals surface area (Å²) in [6.07, 6.45) is 2.51. The first kappa shape index (κ1) is 9.22. The molecule has 1 aliphatic heterocycles. The van der Waals surface area contributed by atoms with Gasteiger partial charge in [0.05, 0.1) is 6.10 Å². The highest BCUT2D eigenvalue weighted by molar-refractivity contribution is 9.09. The summed E-state index contributed by atoms with van der Waals surface area (Å²) in [6.45, 7) is 0.871. The van der Waals surface area contributed by atoms with E-state index in [0.717, 1.165) is 19.4 Å². The van der Waals surface area contributed by atoms with E-state index in [-0.39, 0.29) is 0 Å². The number of benzene rings is 1. The number of alkyl halides is 1. The zero-order chi connectivity index (χ0) is 9.10. The molecule has 1 heterocycles. The van der Waals surface area contributed by atoms with Crippen molar-refractivity contribution in [2.45, 2.75) is 23.8 Å². The van der Waals surface area contributed by atoms with Gasteiger partial charge in [-0.2, -0.15) is 0 Å². The van der Waals surface area contributed by atoms with Crippen molar-refractivity contribution in [3.05, 3.63) is 35.9 Å². The van der Waals surface area contributed by atoms with Crippen molar-refractivity contribution in [2.75, 3.05) is 6.61 Å². The summed E-state index contributed by atoms with van der Waals surface area (Å²) in [5.41, 5.74) is 1.30. The molecule has 2 rings (SSSR count). The molecule has 2 heteroatoms. The maximum atomic E-state index is 5.70. The van der Waals surface area contributed by atoms with E-state index in [4.69, 9.17) is 4.74 Å². The largest absolute Gasteiger partial charge is 0.373 e. The minimum atomic E-state index is 0.291. The zero-order valence-corrected chi connectivity index (χ0v) is 9.03. The van der Waals surface area contributed by atoms with Crippen molar-refractivity contribution in [3.8, 4) is 0 Å². The van der Waals surface area contributed by atoms with E-state index in [1.54, 1.807) is 0 Å². The number of halogens is 1. The van der Waals surface area contributed by atoms with Crippen molar-refractivity contribution in [1.82, 2.24) is 0 Å². The van der Waals surface area contributed by atoms with Gasteiger partial charge in [-0.05, 0) is 18.4 Å². The molecule has 1 aromatic carbocycles. The molecule has 0 bridgehead atoms. The normalized spacial score (nSPS) is 28.7. The highest BCUT2D eigenvalue weighted by Crippen LogP contribution is 2.31. The van der Waals surface area contributed by atoms with E-state index in [0.29, 0.717) is 10.9 Å². The van der Waals surface area contributed by atoms with Crippen molar-refractivity contribution in [3.63, 3.8) is 0 Å². The average Bonchev–Trinajstić information content (AvgIpc) is 2.19. The lowest BCUT2D eigenvalue weighted by atomic mass is 10.0. The first-order valence-electron chi connectivity index (χ1n) is 4.67. The molecule has 1 nitrogen and oxygen atoms in total. The van der Waals surface area contributed by atoms with E-state index in [1.165, 1.54) is 5.56 Å². The number of ether oxygens (including phenoxy) is 1. The Labute approximate surface area is 87.2 Å². The van der Waals surface area contributed by atoms with Crippen molar-refractivity contribution in [1.29, 1.82) is 0 Å².